The van der Waals surface area contributed by atoms with Gasteiger partial charge in [-0.3, -0.25) is 9.78 Å². The predicted molar refractivity (Wildman–Crippen MR) is 74.6 cm³/mol. The van der Waals surface area contributed by atoms with Gasteiger partial charge < -0.3 is 9.64 Å². The summed E-state index contributed by atoms with van der Waals surface area (Å²) < 4.78 is 5.35. The first kappa shape index (κ1) is 12.2. The summed E-state index contributed by atoms with van der Waals surface area (Å²) in [5.74, 6) is 0.665. The lowest BCUT2D eigenvalue weighted by Crippen LogP contribution is -2.38. The van der Waals surface area contributed by atoms with Gasteiger partial charge in [0.2, 0.25) is 5.95 Å². The van der Waals surface area contributed by atoms with Crippen molar-refractivity contribution >= 4 is 16.9 Å². The number of piperidine rings is 1. The molecule has 0 saturated carbocycles. The summed E-state index contributed by atoms with van der Waals surface area (Å²) in [5, 5.41) is 0.637. The van der Waals surface area contributed by atoms with Crippen LogP contribution in [0, 0.1) is 0 Å². The average Bonchev–Trinajstić information content (AvgIpc) is 2.47. The highest BCUT2D eigenvalue weighted by atomic mass is 16.5. The quantitative estimate of drug-likeness (QED) is 0.888. The summed E-state index contributed by atoms with van der Waals surface area (Å²) >= 11 is 0. The fourth-order valence-electron chi connectivity index (χ4n) is 2.53. The number of fused-ring (bicyclic) bond motifs is 1. The number of ether oxygens (including phenoxy) is 1. The molecule has 2 aromatic rings. The minimum absolute atomic E-state index is 0.0746. The van der Waals surface area contributed by atoms with Gasteiger partial charge in [0.1, 0.15) is 0 Å². The normalized spacial score (nSPS) is 17.0. The summed E-state index contributed by atoms with van der Waals surface area (Å²) in [6, 6.07) is 7.41. The topological polar surface area (TPSA) is 58.2 Å². The molecule has 0 atom stereocenters. The molecule has 1 saturated heterocycles. The minimum Gasteiger partial charge on any atom is -0.381 e. The Morgan fingerprint density at radius 2 is 2.05 bits per heavy atom. The molecule has 100 valence electrons. The summed E-state index contributed by atoms with van der Waals surface area (Å²) in [7, 11) is 1.75. The van der Waals surface area contributed by atoms with Crippen molar-refractivity contribution in [3.63, 3.8) is 0 Å². The van der Waals surface area contributed by atoms with E-state index < -0.39 is 0 Å². The Kier molecular flexibility index (Phi) is 3.21. The number of para-hydroxylation sites is 1. The molecule has 0 aliphatic carbocycles. The van der Waals surface area contributed by atoms with E-state index in [-0.39, 0.29) is 5.56 Å². The number of nitrogens with one attached hydrogen (secondary N) is 1. The lowest BCUT2D eigenvalue weighted by molar-refractivity contribution is 0.0816. The molecule has 19 heavy (non-hydrogen) atoms. The third-order valence-corrected chi connectivity index (χ3v) is 3.68. The number of hydrogen-bond donors (Lipinski definition) is 1. The smallest absolute Gasteiger partial charge is 0.260 e. The van der Waals surface area contributed by atoms with Crippen molar-refractivity contribution in [2.24, 2.45) is 0 Å². The van der Waals surface area contributed by atoms with Gasteiger partial charge in [-0.2, -0.15) is 0 Å². The lowest BCUT2D eigenvalue weighted by atomic mass is 10.1. The van der Waals surface area contributed by atoms with Gasteiger partial charge >= 0.3 is 0 Å². The van der Waals surface area contributed by atoms with E-state index in [0.717, 1.165) is 31.4 Å². The van der Waals surface area contributed by atoms with Crippen molar-refractivity contribution in [1.29, 1.82) is 0 Å². The Labute approximate surface area is 111 Å². The van der Waals surface area contributed by atoms with E-state index in [1.54, 1.807) is 13.2 Å². The van der Waals surface area contributed by atoms with Crippen molar-refractivity contribution in [3.8, 4) is 0 Å². The van der Waals surface area contributed by atoms with Crippen LogP contribution in [0.5, 0.6) is 0 Å². The van der Waals surface area contributed by atoms with E-state index in [9.17, 15) is 4.79 Å². The highest BCUT2D eigenvalue weighted by molar-refractivity contribution is 5.78. The molecule has 1 aliphatic rings. The molecule has 1 aliphatic heterocycles. The number of H-pyrrole nitrogens is 1. The Balaban J connectivity index is 1.92. The van der Waals surface area contributed by atoms with E-state index in [2.05, 4.69) is 14.9 Å². The Morgan fingerprint density at radius 3 is 2.79 bits per heavy atom. The maximum Gasteiger partial charge on any atom is 0.260 e. The van der Waals surface area contributed by atoms with Crippen LogP contribution in [0.25, 0.3) is 10.9 Å². The van der Waals surface area contributed by atoms with E-state index in [0.29, 0.717) is 17.4 Å². The number of aromatic nitrogens is 2. The van der Waals surface area contributed by atoms with Crippen molar-refractivity contribution in [1.82, 2.24) is 9.97 Å². The Morgan fingerprint density at radius 1 is 1.32 bits per heavy atom. The highest BCUT2D eigenvalue weighted by Gasteiger charge is 2.20. The predicted octanol–water partition coefficient (Wildman–Crippen LogP) is 1.54. The maximum atomic E-state index is 12.0. The molecule has 5 nitrogen and oxygen atoms in total. The molecule has 0 amide bonds. The zero-order valence-corrected chi connectivity index (χ0v) is 10.9. The van der Waals surface area contributed by atoms with Gasteiger partial charge in [-0.15, -0.1) is 0 Å². The van der Waals surface area contributed by atoms with Crippen LogP contribution in [0.4, 0.5) is 5.95 Å². The lowest BCUT2D eigenvalue weighted by Gasteiger charge is -2.31. The molecule has 0 unspecified atom stereocenters. The monoisotopic (exact) mass is 259 g/mol. The van der Waals surface area contributed by atoms with Crippen molar-refractivity contribution in [3.05, 3.63) is 34.6 Å². The number of aromatic amines is 1. The fourth-order valence-corrected chi connectivity index (χ4v) is 2.53. The maximum absolute atomic E-state index is 12.0. The number of methoxy groups -OCH3 is 1. The van der Waals surface area contributed by atoms with Gasteiger partial charge in [-0.1, -0.05) is 12.1 Å². The molecule has 5 heteroatoms. The van der Waals surface area contributed by atoms with Crippen LogP contribution in [-0.2, 0) is 4.74 Å². The van der Waals surface area contributed by atoms with Crippen molar-refractivity contribution < 1.29 is 4.74 Å². The number of hydrogen-bond acceptors (Lipinski definition) is 4. The summed E-state index contributed by atoms with van der Waals surface area (Å²) in [5.41, 5.74) is 0.671. The fraction of sp³-hybridized carbons (Fsp3) is 0.429. The Bertz CT molecular complexity index is 630. The van der Waals surface area contributed by atoms with Gasteiger partial charge in [0.25, 0.3) is 5.56 Å². The second-order valence-electron chi connectivity index (χ2n) is 4.83. The molecular formula is C14H17N3O2. The zero-order chi connectivity index (χ0) is 13.2. The minimum atomic E-state index is -0.0746. The molecule has 2 heterocycles. The third kappa shape index (κ3) is 2.33. The molecule has 1 aromatic carbocycles. The molecule has 1 N–H and O–H groups in total. The first-order chi connectivity index (χ1) is 9.28. The van der Waals surface area contributed by atoms with Gasteiger partial charge in [-0.05, 0) is 25.0 Å². The summed E-state index contributed by atoms with van der Waals surface area (Å²) in [6.07, 6.45) is 2.25. The van der Waals surface area contributed by atoms with Crippen LogP contribution in [-0.4, -0.2) is 36.3 Å². The zero-order valence-electron chi connectivity index (χ0n) is 10.9. The van der Waals surface area contributed by atoms with E-state index in [1.165, 1.54) is 0 Å². The second kappa shape index (κ2) is 5.01. The number of nitrogens with zero attached hydrogens (tertiary/aromatic N) is 2. The first-order valence-corrected chi connectivity index (χ1v) is 6.55. The van der Waals surface area contributed by atoms with Crippen LogP contribution < -0.4 is 10.5 Å². The molecule has 1 fully saturated rings. The molecule has 3 rings (SSSR count). The summed E-state index contributed by atoms with van der Waals surface area (Å²) in [4.78, 5) is 21.5. The average molecular weight is 259 g/mol. The molecule has 0 bridgehead atoms. The molecule has 1 aromatic heterocycles. The molecular weight excluding hydrogens is 242 g/mol. The SMILES string of the molecule is COC1CCN(c2nc3ccccc3c(=O)[nH]2)CC1. The van der Waals surface area contributed by atoms with E-state index in [1.807, 2.05) is 18.2 Å². The van der Waals surface area contributed by atoms with Crippen LogP contribution in [0.1, 0.15) is 12.8 Å². The van der Waals surface area contributed by atoms with Crippen molar-refractivity contribution in [2.45, 2.75) is 18.9 Å². The number of rotatable bonds is 2. The van der Waals surface area contributed by atoms with Gasteiger partial charge in [0.15, 0.2) is 0 Å². The van der Waals surface area contributed by atoms with Crippen molar-refractivity contribution in [2.75, 3.05) is 25.1 Å². The van der Waals surface area contributed by atoms with Crippen LogP contribution in [0.15, 0.2) is 29.1 Å². The molecule has 0 spiro atoms. The van der Waals surface area contributed by atoms with Gasteiger partial charge in [0, 0.05) is 20.2 Å². The van der Waals surface area contributed by atoms with Crippen LogP contribution in [0.3, 0.4) is 0 Å². The standard InChI is InChI=1S/C14H17N3O2/c1-19-10-6-8-17(9-7-10)14-15-12-5-3-2-4-11(12)13(18)16-14/h2-5,10H,6-9H2,1H3,(H,15,16,18). The Hall–Kier alpha value is -1.88. The van der Waals surface area contributed by atoms with Gasteiger partial charge in [-0.25, -0.2) is 4.98 Å². The van der Waals surface area contributed by atoms with E-state index in [4.69, 9.17) is 4.74 Å². The van der Waals surface area contributed by atoms with E-state index >= 15 is 0 Å². The largest absolute Gasteiger partial charge is 0.381 e. The van der Waals surface area contributed by atoms with Gasteiger partial charge in [0.05, 0.1) is 17.0 Å². The van der Waals surface area contributed by atoms with Crippen LogP contribution >= 0.6 is 0 Å². The molecule has 0 radical (unpaired) electrons. The third-order valence-electron chi connectivity index (χ3n) is 3.68. The van der Waals surface area contributed by atoms with Crippen LogP contribution in [0.2, 0.25) is 0 Å². The number of anilines is 1. The second-order valence-corrected chi connectivity index (χ2v) is 4.83. The summed E-state index contributed by atoms with van der Waals surface area (Å²) in [6.45, 7) is 1.72. The first-order valence-electron chi connectivity index (χ1n) is 6.55. The number of benzene rings is 1. The highest BCUT2D eigenvalue weighted by Crippen LogP contribution is 2.18.